The van der Waals surface area contributed by atoms with E-state index in [0.717, 1.165) is 46.4 Å². The monoisotopic (exact) mass is 704 g/mol. The van der Waals surface area contributed by atoms with Gasteiger partial charge in [0, 0.05) is 53.5 Å². The van der Waals surface area contributed by atoms with Crippen LogP contribution in [0.5, 0.6) is 0 Å². The SMILES string of the molecule is CCCc1ccc(-c2ccc(-c3cnc(-c4ccc(C[C@H](NC(=O)c5ccc(CC(C)C)s5)C(=O)N5CC(C(=O)O)C5)cc4)nc3)c(F)c2)cc1. The second kappa shape index (κ2) is 15.8. The van der Waals surface area contributed by atoms with Gasteiger partial charge in [0.25, 0.3) is 5.91 Å². The lowest BCUT2D eigenvalue weighted by Crippen LogP contribution is -2.59. The van der Waals surface area contributed by atoms with Gasteiger partial charge in [-0.05, 0) is 59.2 Å². The second-order valence-electron chi connectivity index (χ2n) is 13.5. The van der Waals surface area contributed by atoms with E-state index in [1.54, 1.807) is 24.5 Å². The number of aryl methyl sites for hydroxylation is 1. The predicted octanol–water partition coefficient (Wildman–Crippen LogP) is 7.71. The highest BCUT2D eigenvalue weighted by atomic mass is 32.1. The number of nitrogens with one attached hydrogen (secondary N) is 1. The van der Waals surface area contributed by atoms with E-state index in [2.05, 4.69) is 48.2 Å². The molecule has 1 aliphatic rings. The Morgan fingerprint density at radius 1 is 0.863 bits per heavy atom. The van der Waals surface area contributed by atoms with Gasteiger partial charge in [0.2, 0.25) is 5.91 Å². The highest BCUT2D eigenvalue weighted by molar-refractivity contribution is 7.14. The molecule has 10 heteroatoms. The summed E-state index contributed by atoms with van der Waals surface area (Å²) in [7, 11) is 0. The van der Waals surface area contributed by atoms with Gasteiger partial charge in [-0.15, -0.1) is 11.3 Å². The van der Waals surface area contributed by atoms with Gasteiger partial charge in [0.15, 0.2) is 5.82 Å². The molecule has 1 atom stereocenters. The minimum absolute atomic E-state index is 0.116. The number of carboxylic acids is 1. The third-order valence-electron chi connectivity index (χ3n) is 9.05. The van der Waals surface area contributed by atoms with Gasteiger partial charge in [-0.3, -0.25) is 14.4 Å². The van der Waals surface area contributed by atoms with Gasteiger partial charge >= 0.3 is 5.97 Å². The Morgan fingerprint density at radius 2 is 1.51 bits per heavy atom. The number of halogens is 1. The van der Waals surface area contributed by atoms with Crippen LogP contribution in [0.25, 0.3) is 33.6 Å². The van der Waals surface area contributed by atoms with Crippen molar-refractivity contribution in [3.8, 4) is 33.6 Å². The molecule has 0 saturated carbocycles. The number of thiophene rings is 1. The fourth-order valence-corrected chi connectivity index (χ4v) is 7.32. The first-order chi connectivity index (χ1) is 24.6. The Kier molecular flexibility index (Phi) is 11.0. The van der Waals surface area contributed by atoms with Crippen molar-refractivity contribution in [2.45, 2.75) is 52.5 Å². The third-order valence-corrected chi connectivity index (χ3v) is 10.2. The van der Waals surface area contributed by atoms with E-state index in [0.29, 0.717) is 27.7 Å². The summed E-state index contributed by atoms with van der Waals surface area (Å²) in [6.45, 7) is 6.61. The number of nitrogens with zero attached hydrogens (tertiary/aromatic N) is 3. The summed E-state index contributed by atoms with van der Waals surface area (Å²) in [6.07, 6.45) is 6.39. The van der Waals surface area contributed by atoms with Crippen LogP contribution in [0.2, 0.25) is 0 Å². The fourth-order valence-electron chi connectivity index (χ4n) is 6.20. The van der Waals surface area contributed by atoms with Crippen molar-refractivity contribution in [3.63, 3.8) is 0 Å². The second-order valence-corrected chi connectivity index (χ2v) is 14.7. The Labute approximate surface area is 301 Å². The van der Waals surface area contributed by atoms with Crippen LogP contribution >= 0.6 is 11.3 Å². The molecule has 51 heavy (non-hydrogen) atoms. The number of aromatic nitrogens is 2. The van der Waals surface area contributed by atoms with Gasteiger partial charge in [-0.1, -0.05) is 87.9 Å². The summed E-state index contributed by atoms with van der Waals surface area (Å²) in [5, 5.41) is 12.2. The molecule has 3 heterocycles. The first kappa shape index (κ1) is 35.6. The Morgan fingerprint density at radius 3 is 2.14 bits per heavy atom. The first-order valence-corrected chi connectivity index (χ1v) is 18.1. The molecule has 1 aliphatic heterocycles. The van der Waals surface area contributed by atoms with Crippen molar-refractivity contribution >= 4 is 29.1 Å². The minimum Gasteiger partial charge on any atom is -0.481 e. The number of hydrogen-bond donors (Lipinski definition) is 2. The van der Waals surface area contributed by atoms with Crippen molar-refractivity contribution in [1.82, 2.24) is 20.2 Å². The number of benzene rings is 3. The summed E-state index contributed by atoms with van der Waals surface area (Å²) in [4.78, 5) is 50.2. The Hall–Kier alpha value is -5.22. The lowest BCUT2D eigenvalue weighted by atomic mass is 9.97. The smallest absolute Gasteiger partial charge is 0.310 e. The summed E-state index contributed by atoms with van der Waals surface area (Å²) in [5.74, 6) is -1.62. The van der Waals surface area contributed by atoms with Gasteiger partial charge in [-0.2, -0.15) is 0 Å². The van der Waals surface area contributed by atoms with E-state index in [1.807, 2.05) is 48.5 Å². The summed E-state index contributed by atoms with van der Waals surface area (Å²) < 4.78 is 15.3. The van der Waals surface area contributed by atoms with Crippen molar-refractivity contribution in [3.05, 3.63) is 118 Å². The number of amides is 2. The fraction of sp³-hybridized carbons (Fsp3) is 0.293. The topological polar surface area (TPSA) is 112 Å². The standard InChI is InChI=1S/C41H41FN4O4S/c1-4-5-26-6-10-28(11-7-26)30-14-16-34(35(42)20-30)31-21-43-38(44-22-31)29-12-8-27(9-13-29)19-36(40(48)46-23-32(24-46)41(49)50)45-39(47)37-17-15-33(51-37)18-25(2)3/h6-17,20-22,25,32,36H,4-5,18-19,23-24H2,1-3H3,(H,45,47)(H,49,50)/t36-/m0/s1. The summed E-state index contributed by atoms with van der Waals surface area (Å²) in [6, 6.07) is 23.6. The molecule has 1 saturated heterocycles. The zero-order valence-electron chi connectivity index (χ0n) is 28.9. The van der Waals surface area contributed by atoms with Crippen LogP contribution in [0.3, 0.4) is 0 Å². The van der Waals surface area contributed by atoms with E-state index in [1.165, 1.54) is 27.9 Å². The lowest BCUT2D eigenvalue weighted by molar-refractivity contribution is -0.153. The molecule has 2 aromatic heterocycles. The van der Waals surface area contributed by atoms with E-state index < -0.39 is 17.9 Å². The molecule has 0 aliphatic carbocycles. The molecule has 2 amide bonds. The quantitative estimate of drug-likeness (QED) is 0.130. The highest BCUT2D eigenvalue weighted by Crippen LogP contribution is 2.29. The maximum absolute atomic E-state index is 15.3. The number of carboxylic acid groups (broad SMARTS) is 1. The number of carbonyl (C=O) groups is 3. The number of rotatable bonds is 13. The van der Waals surface area contributed by atoms with Gasteiger partial charge in [0.05, 0.1) is 10.8 Å². The number of hydrogen-bond acceptors (Lipinski definition) is 6. The molecule has 5 aromatic rings. The largest absolute Gasteiger partial charge is 0.481 e. The molecule has 3 aromatic carbocycles. The van der Waals surface area contributed by atoms with Crippen LogP contribution in [0.1, 0.15) is 52.9 Å². The molecule has 0 bridgehead atoms. The van der Waals surface area contributed by atoms with Crippen LogP contribution in [0.4, 0.5) is 4.39 Å². The van der Waals surface area contributed by atoms with Gasteiger partial charge in [-0.25, -0.2) is 14.4 Å². The highest BCUT2D eigenvalue weighted by Gasteiger charge is 2.39. The summed E-state index contributed by atoms with van der Waals surface area (Å²) in [5.41, 5.74) is 5.54. The normalized spacial score (nSPS) is 13.5. The van der Waals surface area contributed by atoms with Crippen molar-refractivity contribution in [1.29, 1.82) is 0 Å². The van der Waals surface area contributed by atoms with Crippen LogP contribution < -0.4 is 5.32 Å². The molecule has 262 valence electrons. The van der Waals surface area contributed by atoms with Crippen LogP contribution in [-0.4, -0.2) is 56.9 Å². The van der Waals surface area contributed by atoms with Crippen LogP contribution in [0.15, 0.2) is 91.3 Å². The van der Waals surface area contributed by atoms with E-state index in [4.69, 9.17) is 0 Å². The molecule has 2 N–H and O–H groups in total. The van der Waals surface area contributed by atoms with E-state index in [-0.39, 0.29) is 37.1 Å². The molecular weight excluding hydrogens is 664 g/mol. The number of carbonyl (C=O) groups excluding carboxylic acids is 2. The number of aliphatic carboxylic acids is 1. The Bertz CT molecular complexity index is 2000. The molecule has 0 spiro atoms. The molecule has 8 nitrogen and oxygen atoms in total. The van der Waals surface area contributed by atoms with Crippen LogP contribution in [-0.2, 0) is 28.9 Å². The zero-order valence-corrected chi connectivity index (χ0v) is 29.8. The van der Waals surface area contributed by atoms with Gasteiger partial charge in [0.1, 0.15) is 11.9 Å². The maximum atomic E-state index is 15.3. The number of likely N-dealkylation sites (tertiary alicyclic amines) is 1. The molecule has 0 unspecified atom stereocenters. The Balaban J connectivity index is 1.14. The summed E-state index contributed by atoms with van der Waals surface area (Å²) >= 11 is 1.41. The van der Waals surface area contributed by atoms with E-state index >= 15 is 4.39 Å². The zero-order chi connectivity index (χ0) is 36.1. The van der Waals surface area contributed by atoms with Crippen molar-refractivity contribution < 1.29 is 23.9 Å². The first-order valence-electron chi connectivity index (χ1n) is 17.3. The lowest BCUT2D eigenvalue weighted by Gasteiger charge is -2.38. The third kappa shape index (κ3) is 8.57. The van der Waals surface area contributed by atoms with Gasteiger partial charge < -0.3 is 15.3 Å². The average molecular weight is 705 g/mol. The van der Waals surface area contributed by atoms with Crippen LogP contribution in [0, 0.1) is 17.7 Å². The van der Waals surface area contributed by atoms with Crippen molar-refractivity contribution in [2.24, 2.45) is 11.8 Å². The van der Waals surface area contributed by atoms with E-state index in [9.17, 15) is 19.5 Å². The maximum Gasteiger partial charge on any atom is 0.310 e. The predicted molar refractivity (Wildman–Crippen MR) is 198 cm³/mol. The van der Waals surface area contributed by atoms with Crippen molar-refractivity contribution in [2.75, 3.05) is 13.1 Å². The minimum atomic E-state index is -0.936. The molecule has 0 radical (unpaired) electrons. The molecule has 6 rings (SSSR count). The average Bonchev–Trinajstić information content (AvgIpc) is 3.56. The molecule has 1 fully saturated rings. The molecular formula is C41H41FN4O4S.